The molecule has 3 rings (SSSR count). The van der Waals surface area contributed by atoms with Crippen LogP contribution in [0.1, 0.15) is 39.2 Å². The second-order valence-corrected chi connectivity index (χ2v) is 8.17. The monoisotopic (exact) mass is 339 g/mol. The molecule has 0 radical (unpaired) electrons. The van der Waals surface area contributed by atoms with Crippen molar-refractivity contribution >= 4 is 0 Å². The minimum atomic E-state index is -0.245. The molecule has 0 saturated heterocycles. The largest absolute Gasteiger partial charge is 0.457 e. The Morgan fingerprint density at radius 3 is 2.24 bits per heavy atom. The SMILES string of the molecule is CC(C)(C)N[C@@H]1C[C@@H](Cc2ccc(Oc3ccccc3)cc2)C[C@H]1O. The summed E-state index contributed by atoms with van der Waals surface area (Å²) in [4.78, 5) is 0. The first kappa shape index (κ1) is 18.0. The minimum Gasteiger partial charge on any atom is -0.457 e. The van der Waals surface area contributed by atoms with Crippen LogP contribution in [0.5, 0.6) is 11.5 Å². The van der Waals surface area contributed by atoms with Crippen molar-refractivity contribution in [3.05, 3.63) is 60.2 Å². The van der Waals surface area contributed by atoms with Gasteiger partial charge in [0.2, 0.25) is 0 Å². The lowest BCUT2D eigenvalue weighted by Gasteiger charge is -2.27. The highest BCUT2D eigenvalue weighted by Crippen LogP contribution is 2.31. The summed E-state index contributed by atoms with van der Waals surface area (Å²) in [5.74, 6) is 2.23. The molecule has 0 heterocycles. The van der Waals surface area contributed by atoms with Crippen LogP contribution in [0.25, 0.3) is 0 Å². The van der Waals surface area contributed by atoms with Gasteiger partial charge in [0.05, 0.1) is 6.10 Å². The van der Waals surface area contributed by atoms with Gasteiger partial charge in [-0.15, -0.1) is 0 Å². The number of aliphatic hydroxyl groups excluding tert-OH is 1. The van der Waals surface area contributed by atoms with Gasteiger partial charge in [0.15, 0.2) is 0 Å². The Labute approximate surface area is 151 Å². The zero-order valence-electron chi connectivity index (χ0n) is 15.4. The molecule has 0 aromatic heterocycles. The average Bonchev–Trinajstić information content (AvgIpc) is 2.88. The number of hydrogen-bond acceptors (Lipinski definition) is 3. The molecular formula is C22H29NO2. The zero-order chi connectivity index (χ0) is 17.9. The quantitative estimate of drug-likeness (QED) is 0.840. The van der Waals surface area contributed by atoms with E-state index in [0.717, 1.165) is 30.8 Å². The van der Waals surface area contributed by atoms with E-state index in [1.165, 1.54) is 5.56 Å². The highest BCUT2D eigenvalue weighted by Gasteiger charge is 2.34. The number of hydrogen-bond donors (Lipinski definition) is 2. The van der Waals surface area contributed by atoms with Crippen LogP contribution >= 0.6 is 0 Å². The second kappa shape index (κ2) is 7.59. The van der Waals surface area contributed by atoms with Crippen molar-refractivity contribution in [2.24, 2.45) is 5.92 Å². The third-order valence-electron chi connectivity index (χ3n) is 4.67. The maximum Gasteiger partial charge on any atom is 0.127 e. The maximum atomic E-state index is 10.3. The zero-order valence-corrected chi connectivity index (χ0v) is 15.4. The number of benzene rings is 2. The summed E-state index contributed by atoms with van der Waals surface area (Å²) in [5.41, 5.74) is 1.34. The lowest BCUT2D eigenvalue weighted by molar-refractivity contribution is 0.133. The lowest BCUT2D eigenvalue weighted by atomic mass is 9.97. The molecule has 1 fully saturated rings. The van der Waals surface area contributed by atoms with Crippen LogP contribution in [0, 0.1) is 5.92 Å². The molecule has 0 bridgehead atoms. The average molecular weight is 339 g/mol. The van der Waals surface area contributed by atoms with Crippen LogP contribution in [-0.4, -0.2) is 22.8 Å². The summed E-state index contributed by atoms with van der Waals surface area (Å²) in [5, 5.41) is 13.9. The summed E-state index contributed by atoms with van der Waals surface area (Å²) in [6.45, 7) is 6.45. The second-order valence-electron chi connectivity index (χ2n) is 8.17. The van der Waals surface area contributed by atoms with E-state index in [1.54, 1.807) is 0 Å². The maximum absolute atomic E-state index is 10.3. The molecule has 3 heteroatoms. The van der Waals surface area contributed by atoms with Gasteiger partial charge in [0.25, 0.3) is 0 Å². The molecule has 2 aromatic carbocycles. The highest BCUT2D eigenvalue weighted by molar-refractivity contribution is 5.33. The van der Waals surface area contributed by atoms with Crippen molar-refractivity contribution in [3.8, 4) is 11.5 Å². The van der Waals surface area contributed by atoms with E-state index in [-0.39, 0.29) is 17.7 Å². The molecule has 0 aliphatic heterocycles. The molecule has 3 atom stereocenters. The minimum absolute atomic E-state index is 0.0387. The Morgan fingerprint density at radius 1 is 0.960 bits per heavy atom. The Hall–Kier alpha value is -1.84. The summed E-state index contributed by atoms with van der Waals surface area (Å²) in [6, 6.07) is 18.3. The van der Waals surface area contributed by atoms with Crippen molar-refractivity contribution in [2.45, 2.75) is 57.7 Å². The first-order valence-corrected chi connectivity index (χ1v) is 9.17. The molecule has 2 N–H and O–H groups in total. The summed E-state index contributed by atoms with van der Waals surface area (Å²) < 4.78 is 5.84. The van der Waals surface area contributed by atoms with Crippen molar-refractivity contribution in [1.29, 1.82) is 0 Å². The standard InChI is InChI=1S/C22H29NO2/c1-22(2,3)23-20-14-17(15-21(20)24)13-16-9-11-19(12-10-16)25-18-7-5-4-6-8-18/h4-12,17,20-21,23-24H,13-15H2,1-3H3/t17-,20-,21-/m1/s1. The van der Waals surface area contributed by atoms with Crippen molar-refractivity contribution in [2.75, 3.05) is 0 Å². The van der Waals surface area contributed by atoms with Crippen LogP contribution in [0.2, 0.25) is 0 Å². The fourth-order valence-electron chi connectivity index (χ4n) is 3.65. The third-order valence-corrected chi connectivity index (χ3v) is 4.67. The van der Waals surface area contributed by atoms with E-state index in [9.17, 15) is 5.11 Å². The molecule has 25 heavy (non-hydrogen) atoms. The molecule has 3 nitrogen and oxygen atoms in total. The molecule has 1 saturated carbocycles. The number of nitrogens with one attached hydrogen (secondary N) is 1. The van der Waals surface area contributed by atoms with Gasteiger partial charge in [-0.1, -0.05) is 30.3 Å². The molecule has 0 spiro atoms. The fraction of sp³-hybridized carbons (Fsp3) is 0.455. The van der Waals surface area contributed by atoms with Gasteiger partial charge in [-0.05, 0) is 75.8 Å². The molecule has 0 unspecified atom stereocenters. The predicted octanol–water partition coefficient (Wildman–Crippen LogP) is 4.55. The van der Waals surface area contributed by atoms with Gasteiger partial charge in [-0.25, -0.2) is 0 Å². The molecule has 2 aromatic rings. The third kappa shape index (κ3) is 5.32. The number of ether oxygens (including phenoxy) is 1. The summed E-state index contributed by atoms with van der Waals surface area (Å²) in [6.07, 6.45) is 2.66. The van der Waals surface area contributed by atoms with E-state index in [1.807, 2.05) is 42.5 Å². The van der Waals surface area contributed by atoms with E-state index in [4.69, 9.17) is 4.74 Å². The van der Waals surface area contributed by atoms with Crippen LogP contribution in [-0.2, 0) is 6.42 Å². The normalized spacial score (nSPS) is 23.6. The topological polar surface area (TPSA) is 41.5 Å². The van der Waals surface area contributed by atoms with E-state index in [2.05, 4.69) is 38.2 Å². The van der Waals surface area contributed by atoms with Crippen molar-refractivity contribution < 1.29 is 9.84 Å². The van der Waals surface area contributed by atoms with Crippen LogP contribution in [0.3, 0.4) is 0 Å². The molecule has 1 aliphatic carbocycles. The summed E-state index contributed by atoms with van der Waals surface area (Å²) in [7, 11) is 0. The van der Waals surface area contributed by atoms with E-state index < -0.39 is 0 Å². The molecule has 0 amide bonds. The van der Waals surface area contributed by atoms with Crippen molar-refractivity contribution in [3.63, 3.8) is 0 Å². The van der Waals surface area contributed by atoms with Gasteiger partial charge in [-0.2, -0.15) is 0 Å². The Morgan fingerprint density at radius 2 is 1.60 bits per heavy atom. The highest BCUT2D eigenvalue weighted by atomic mass is 16.5. The summed E-state index contributed by atoms with van der Waals surface area (Å²) >= 11 is 0. The predicted molar refractivity (Wildman–Crippen MR) is 102 cm³/mol. The Bertz CT molecular complexity index is 661. The first-order valence-electron chi connectivity index (χ1n) is 9.17. The fourth-order valence-corrected chi connectivity index (χ4v) is 3.65. The lowest BCUT2D eigenvalue weighted by Crippen LogP contribution is -2.47. The van der Waals surface area contributed by atoms with Crippen molar-refractivity contribution in [1.82, 2.24) is 5.32 Å². The van der Waals surface area contributed by atoms with E-state index >= 15 is 0 Å². The number of rotatable bonds is 5. The Kier molecular flexibility index (Phi) is 5.45. The number of aliphatic hydroxyl groups is 1. The van der Waals surface area contributed by atoms with Gasteiger partial charge < -0.3 is 15.2 Å². The molecular weight excluding hydrogens is 310 g/mol. The smallest absolute Gasteiger partial charge is 0.127 e. The molecule has 1 aliphatic rings. The van der Waals surface area contributed by atoms with Crippen LogP contribution in [0.15, 0.2) is 54.6 Å². The molecule has 134 valence electrons. The van der Waals surface area contributed by atoms with Gasteiger partial charge in [-0.3, -0.25) is 0 Å². The van der Waals surface area contributed by atoms with E-state index in [0.29, 0.717) is 5.92 Å². The van der Waals surface area contributed by atoms with Crippen LogP contribution < -0.4 is 10.1 Å². The van der Waals surface area contributed by atoms with Crippen LogP contribution in [0.4, 0.5) is 0 Å². The van der Waals surface area contributed by atoms with Gasteiger partial charge in [0, 0.05) is 11.6 Å². The number of para-hydroxylation sites is 1. The Balaban J connectivity index is 1.55. The van der Waals surface area contributed by atoms with Gasteiger partial charge >= 0.3 is 0 Å². The van der Waals surface area contributed by atoms with Gasteiger partial charge in [0.1, 0.15) is 11.5 Å². The first-order chi connectivity index (χ1) is 11.9.